The van der Waals surface area contributed by atoms with Crippen molar-refractivity contribution in [3.8, 4) is 11.5 Å². The van der Waals surface area contributed by atoms with Crippen molar-refractivity contribution >= 4 is 5.57 Å². The van der Waals surface area contributed by atoms with E-state index in [0.717, 1.165) is 16.9 Å². The molecule has 0 saturated heterocycles. The first-order valence-corrected chi connectivity index (χ1v) is 5.23. The van der Waals surface area contributed by atoms with Crippen LogP contribution in [0, 0.1) is 0 Å². The Bertz CT molecular complexity index is 358. The lowest BCUT2D eigenvalue weighted by Gasteiger charge is -2.12. The van der Waals surface area contributed by atoms with Gasteiger partial charge in [-0.05, 0) is 31.5 Å². The lowest BCUT2D eigenvalue weighted by molar-refractivity contribution is 0.0487. The van der Waals surface area contributed by atoms with Crippen LogP contribution in [0.5, 0.6) is 11.5 Å². The molecule has 3 nitrogen and oxygen atoms in total. The lowest BCUT2D eigenvalue weighted by Crippen LogP contribution is -2.02. The summed E-state index contributed by atoms with van der Waals surface area (Å²) in [5.74, 6) is 1.41. The second-order valence-corrected chi connectivity index (χ2v) is 3.43. The van der Waals surface area contributed by atoms with E-state index in [1.54, 1.807) is 7.11 Å². The van der Waals surface area contributed by atoms with Crippen LogP contribution in [0.15, 0.2) is 24.8 Å². The third kappa shape index (κ3) is 3.28. The van der Waals surface area contributed by atoms with E-state index in [-0.39, 0.29) is 6.79 Å². The van der Waals surface area contributed by atoms with Crippen molar-refractivity contribution in [2.45, 2.75) is 13.8 Å². The van der Waals surface area contributed by atoms with Gasteiger partial charge in [0.2, 0.25) is 0 Å². The van der Waals surface area contributed by atoms with Crippen LogP contribution in [0.25, 0.3) is 5.57 Å². The minimum absolute atomic E-state index is 0.215. The van der Waals surface area contributed by atoms with Gasteiger partial charge in [0.1, 0.15) is 0 Å². The van der Waals surface area contributed by atoms with E-state index in [1.807, 2.05) is 32.0 Å². The fourth-order valence-electron chi connectivity index (χ4n) is 1.28. The highest BCUT2D eigenvalue weighted by Gasteiger charge is 2.06. The zero-order valence-electron chi connectivity index (χ0n) is 10.1. The zero-order chi connectivity index (χ0) is 12.0. The van der Waals surface area contributed by atoms with Gasteiger partial charge in [0, 0.05) is 7.11 Å². The van der Waals surface area contributed by atoms with Crippen LogP contribution in [0.4, 0.5) is 0 Å². The van der Waals surface area contributed by atoms with Crippen LogP contribution in [-0.4, -0.2) is 20.5 Å². The molecule has 0 heterocycles. The first-order valence-electron chi connectivity index (χ1n) is 5.23. The molecule has 0 unspecified atom stereocenters. The molecule has 0 aromatic heterocycles. The third-order valence-corrected chi connectivity index (χ3v) is 2.07. The molecule has 0 aliphatic carbocycles. The van der Waals surface area contributed by atoms with Crippen molar-refractivity contribution in [3.63, 3.8) is 0 Å². The van der Waals surface area contributed by atoms with Crippen LogP contribution in [0.1, 0.15) is 19.4 Å². The van der Waals surface area contributed by atoms with Gasteiger partial charge in [0.05, 0.1) is 6.61 Å². The molecule has 0 radical (unpaired) electrons. The Hall–Kier alpha value is -1.48. The van der Waals surface area contributed by atoms with Gasteiger partial charge in [-0.15, -0.1) is 0 Å². The molecule has 0 bridgehead atoms. The predicted molar refractivity (Wildman–Crippen MR) is 64.8 cm³/mol. The quantitative estimate of drug-likeness (QED) is 0.692. The topological polar surface area (TPSA) is 27.7 Å². The Balaban J connectivity index is 2.94. The average Bonchev–Trinajstić information content (AvgIpc) is 2.27. The summed E-state index contributed by atoms with van der Waals surface area (Å²) < 4.78 is 15.8. The average molecular weight is 222 g/mol. The normalized spacial score (nSPS) is 9.94. The molecular formula is C13H18O3. The van der Waals surface area contributed by atoms with Crippen LogP contribution in [0.2, 0.25) is 0 Å². The standard InChI is InChI=1S/C13H18O3/c1-5-15-13-8-11(10(2)3)6-7-12(13)16-9-14-4/h6-8H,2,5,9H2,1,3-4H3. The molecule has 88 valence electrons. The van der Waals surface area contributed by atoms with Crippen molar-refractivity contribution in [1.82, 2.24) is 0 Å². The molecule has 0 aliphatic heterocycles. The van der Waals surface area contributed by atoms with E-state index in [9.17, 15) is 0 Å². The minimum Gasteiger partial charge on any atom is -0.490 e. The van der Waals surface area contributed by atoms with Crippen molar-refractivity contribution in [2.75, 3.05) is 20.5 Å². The highest BCUT2D eigenvalue weighted by molar-refractivity contribution is 5.64. The number of hydrogen-bond donors (Lipinski definition) is 0. The smallest absolute Gasteiger partial charge is 0.188 e. The Morgan fingerprint density at radius 2 is 2.00 bits per heavy atom. The van der Waals surface area contributed by atoms with Crippen LogP contribution < -0.4 is 9.47 Å². The fourth-order valence-corrected chi connectivity index (χ4v) is 1.28. The molecule has 1 aromatic rings. The Kier molecular flexibility index (Phi) is 4.86. The first kappa shape index (κ1) is 12.6. The van der Waals surface area contributed by atoms with Gasteiger partial charge in [0.15, 0.2) is 18.3 Å². The molecule has 0 fully saturated rings. The van der Waals surface area contributed by atoms with Gasteiger partial charge in [0.25, 0.3) is 0 Å². The van der Waals surface area contributed by atoms with Crippen molar-refractivity contribution in [2.24, 2.45) is 0 Å². The van der Waals surface area contributed by atoms with Crippen LogP contribution in [-0.2, 0) is 4.74 Å². The van der Waals surface area contributed by atoms with E-state index < -0.39 is 0 Å². The number of methoxy groups -OCH3 is 1. The van der Waals surface area contributed by atoms with Gasteiger partial charge >= 0.3 is 0 Å². The van der Waals surface area contributed by atoms with Crippen molar-refractivity contribution in [1.29, 1.82) is 0 Å². The summed E-state index contributed by atoms with van der Waals surface area (Å²) in [7, 11) is 1.59. The van der Waals surface area contributed by atoms with E-state index in [1.165, 1.54) is 0 Å². The minimum atomic E-state index is 0.215. The Morgan fingerprint density at radius 3 is 2.56 bits per heavy atom. The monoisotopic (exact) mass is 222 g/mol. The van der Waals surface area contributed by atoms with Crippen LogP contribution in [0.3, 0.4) is 0 Å². The second kappa shape index (κ2) is 6.18. The summed E-state index contributed by atoms with van der Waals surface area (Å²) in [4.78, 5) is 0. The fraction of sp³-hybridized carbons (Fsp3) is 0.385. The Labute approximate surface area is 96.6 Å². The molecule has 0 saturated carbocycles. The molecule has 0 amide bonds. The van der Waals surface area contributed by atoms with Crippen LogP contribution >= 0.6 is 0 Å². The summed E-state index contributed by atoms with van der Waals surface area (Å²) >= 11 is 0. The second-order valence-electron chi connectivity index (χ2n) is 3.43. The number of rotatable bonds is 6. The molecule has 0 spiro atoms. The molecular weight excluding hydrogens is 204 g/mol. The van der Waals surface area contributed by atoms with Crippen molar-refractivity contribution < 1.29 is 14.2 Å². The summed E-state index contributed by atoms with van der Waals surface area (Å²) in [6, 6.07) is 5.75. The summed E-state index contributed by atoms with van der Waals surface area (Å²) in [5.41, 5.74) is 2.05. The summed E-state index contributed by atoms with van der Waals surface area (Å²) in [6.45, 7) is 8.61. The number of allylic oxidation sites excluding steroid dienone is 1. The molecule has 0 N–H and O–H groups in total. The largest absolute Gasteiger partial charge is 0.490 e. The highest BCUT2D eigenvalue weighted by atomic mass is 16.7. The van der Waals surface area contributed by atoms with E-state index in [0.29, 0.717) is 12.4 Å². The third-order valence-electron chi connectivity index (χ3n) is 2.07. The van der Waals surface area contributed by atoms with E-state index in [2.05, 4.69) is 6.58 Å². The number of hydrogen-bond acceptors (Lipinski definition) is 3. The van der Waals surface area contributed by atoms with Gasteiger partial charge in [-0.2, -0.15) is 0 Å². The molecule has 0 aliphatic rings. The zero-order valence-corrected chi connectivity index (χ0v) is 10.1. The lowest BCUT2D eigenvalue weighted by atomic mass is 10.1. The van der Waals surface area contributed by atoms with Gasteiger partial charge in [-0.3, -0.25) is 0 Å². The highest BCUT2D eigenvalue weighted by Crippen LogP contribution is 2.30. The van der Waals surface area contributed by atoms with Gasteiger partial charge in [-0.25, -0.2) is 0 Å². The Morgan fingerprint density at radius 1 is 1.25 bits per heavy atom. The van der Waals surface area contributed by atoms with Gasteiger partial charge < -0.3 is 14.2 Å². The SMILES string of the molecule is C=C(C)c1ccc(OCOC)c(OCC)c1. The molecule has 1 rings (SSSR count). The summed E-state index contributed by atoms with van der Waals surface area (Å²) in [6.07, 6.45) is 0. The predicted octanol–water partition coefficient (Wildman–Crippen LogP) is 3.10. The molecule has 3 heteroatoms. The molecule has 0 atom stereocenters. The number of ether oxygens (including phenoxy) is 3. The van der Waals surface area contributed by atoms with E-state index in [4.69, 9.17) is 14.2 Å². The maximum atomic E-state index is 5.50. The maximum Gasteiger partial charge on any atom is 0.188 e. The first-order chi connectivity index (χ1) is 7.69. The molecule has 16 heavy (non-hydrogen) atoms. The summed E-state index contributed by atoms with van der Waals surface area (Å²) in [5, 5.41) is 0. The van der Waals surface area contributed by atoms with E-state index >= 15 is 0 Å². The number of benzene rings is 1. The maximum absolute atomic E-state index is 5.50. The molecule has 1 aromatic carbocycles. The van der Waals surface area contributed by atoms with Crippen molar-refractivity contribution in [3.05, 3.63) is 30.3 Å². The van der Waals surface area contributed by atoms with Gasteiger partial charge in [-0.1, -0.05) is 18.2 Å².